The van der Waals surface area contributed by atoms with E-state index < -0.39 is 0 Å². The van der Waals surface area contributed by atoms with Crippen molar-refractivity contribution in [2.75, 3.05) is 0 Å². The summed E-state index contributed by atoms with van der Waals surface area (Å²) in [6.45, 7) is 14.4. The van der Waals surface area contributed by atoms with Crippen molar-refractivity contribution in [1.82, 2.24) is 9.97 Å². The van der Waals surface area contributed by atoms with Crippen LogP contribution in [0, 0.1) is 35.8 Å². The zero-order chi connectivity index (χ0) is 20.8. The Hall–Kier alpha value is -3.74. The van der Waals surface area contributed by atoms with E-state index in [1.165, 1.54) is 0 Å². The number of nitrogens with zero attached hydrogens (tertiary/aromatic N) is 6. The third kappa shape index (κ3) is 2.66. The van der Waals surface area contributed by atoms with E-state index in [0.717, 1.165) is 41.1 Å². The number of nitriles is 2. The van der Waals surface area contributed by atoms with E-state index in [0.29, 0.717) is 8.45 Å². The number of hydrogen-bond acceptors (Lipinski definition) is 4. The van der Waals surface area contributed by atoms with Gasteiger partial charge in [0.1, 0.15) is 0 Å². The van der Waals surface area contributed by atoms with E-state index in [1.807, 2.05) is 36.4 Å². The summed E-state index contributed by atoms with van der Waals surface area (Å²) in [7, 11) is 0. The van der Waals surface area contributed by atoms with Crippen molar-refractivity contribution in [1.29, 1.82) is 10.5 Å². The fraction of sp³-hybridized carbons (Fsp3) is 0. The van der Waals surface area contributed by atoms with Gasteiger partial charge in [-0.2, -0.15) is 0 Å². The van der Waals surface area contributed by atoms with Crippen LogP contribution in [0.15, 0.2) is 36.4 Å². The molecule has 0 fully saturated rings. The van der Waals surface area contributed by atoms with Crippen LogP contribution in [-0.4, -0.2) is 39.0 Å². The molecule has 0 atom stereocenters. The topological polar surface area (TPSA) is 82.1 Å². The van der Waals surface area contributed by atoms with Crippen molar-refractivity contribution in [2.24, 2.45) is 0 Å². The first-order valence-electron chi connectivity index (χ1n) is 8.53. The predicted molar refractivity (Wildman–Crippen MR) is 116 cm³/mol. The molecule has 0 bridgehead atoms. The Bertz CT molecular complexity index is 1810. The van der Waals surface area contributed by atoms with Crippen LogP contribution in [0.25, 0.3) is 62.2 Å². The van der Waals surface area contributed by atoms with Gasteiger partial charge >= 0.3 is 182 Å². The molecule has 0 aliphatic carbocycles. The van der Waals surface area contributed by atoms with Crippen molar-refractivity contribution in [2.45, 2.75) is 0 Å². The van der Waals surface area contributed by atoms with E-state index in [4.69, 9.17) is 18.1 Å². The van der Waals surface area contributed by atoms with E-state index in [9.17, 15) is 10.5 Å². The average molecular weight is 512 g/mol. The van der Waals surface area contributed by atoms with Crippen molar-refractivity contribution in [3.63, 3.8) is 0 Å². The van der Waals surface area contributed by atoms with Gasteiger partial charge in [-0.25, -0.2) is 0 Å². The van der Waals surface area contributed by atoms with Gasteiger partial charge in [0.05, 0.1) is 0 Å². The van der Waals surface area contributed by atoms with E-state index in [2.05, 4.69) is 26.8 Å². The van der Waals surface area contributed by atoms with Gasteiger partial charge in [-0.1, -0.05) is 0 Å². The minimum absolute atomic E-state index is 0.0525. The van der Waals surface area contributed by atoms with E-state index in [-0.39, 0.29) is 40.4 Å². The molecule has 3 aromatic carbocycles. The second-order valence-corrected chi connectivity index (χ2v) is 10.6. The Labute approximate surface area is 181 Å². The third-order valence-electron chi connectivity index (χ3n) is 4.71. The molecule has 30 heavy (non-hydrogen) atoms. The second kappa shape index (κ2) is 6.95. The van der Waals surface area contributed by atoms with Crippen LogP contribution in [0.2, 0.25) is 0 Å². The molecule has 0 aliphatic rings. The van der Waals surface area contributed by atoms with Crippen LogP contribution < -0.4 is 8.45 Å². The summed E-state index contributed by atoms with van der Waals surface area (Å²) in [6.07, 6.45) is 0. The van der Waals surface area contributed by atoms with Gasteiger partial charge in [-0.05, 0) is 0 Å². The van der Waals surface area contributed by atoms with E-state index >= 15 is 0 Å². The average Bonchev–Trinajstić information content (AvgIpc) is 3.37. The molecule has 0 aliphatic heterocycles. The second-order valence-electron chi connectivity index (χ2n) is 6.30. The number of aromatic nitrogens is 2. The van der Waals surface area contributed by atoms with Gasteiger partial charge in [-0.15, -0.1) is 0 Å². The predicted octanol–water partition coefficient (Wildman–Crippen LogP) is 2.31. The van der Waals surface area contributed by atoms with Gasteiger partial charge < -0.3 is 0 Å². The first kappa shape index (κ1) is 18.3. The van der Waals surface area contributed by atoms with Crippen LogP contribution in [0.1, 0.15) is 0 Å². The summed E-state index contributed by atoms with van der Waals surface area (Å²) < 4.78 is 3.23. The van der Waals surface area contributed by atoms with Crippen LogP contribution >= 0.6 is 0 Å². The first-order chi connectivity index (χ1) is 14.7. The number of benzene rings is 3. The van der Waals surface area contributed by atoms with Crippen molar-refractivity contribution in [3.8, 4) is 12.1 Å². The zero-order valence-corrected chi connectivity index (χ0v) is 18.4. The summed E-state index contributed by atoms with van der Waals surface area (Å²) in [4.78, 5) is 15.9. The van der Waals surface area contributed by atoms with Crippen LogP contribution in [0.4, 0.5) is 0 Å². The molecule has 0 amide bonds. The van der Waals surface area contributed by atoms with Crippen LogP contribution in [-0.2, 0) is 0 Å². The van der Waals surface area contributed by atoms with E-state index in [1.54, 1.807) is 0 Å². The molecule has 0 spiro atoms. The van der Waals surface area contributed by atoms with Crippen molar-refractivity contribution in [3.05, 3.63) is 67.7 Å². The summed E-state index contributed by atoms with van der Waals surface area (Å²) in [6, 6.07) is 16.1. The molecule has 0 saturated heterocycles. The molecular weight excluding hydrogens is 506 g/mol. The van der Waals surface area contributed by atoms with Crippen molar-refractivity contribution >= 4 is 81.5 Å². The minimum atomic E-state index is -0.205. The van der Waals surface area contributed by atoms with Crippen LogP contribution in [0.3, 0.4) is 0 Å². The molecular formula is C22H6N6Se2. The zero-order valence-electron chi connectivity index (χ0n) is 15.0. The monoisotopic (exact) mass is 514 g/mol. The summed E-state index contributed by atoms with van der Waals surface area (Å²) in [5.74, 6) is 0. The molecule has 6 nitrogen and oxygen atoms in total. The molecule has 8 heteroatoms. The Balaban J connectivity index is 1.97. The molecule has 2 heterocycles. The first-order valence-corrected chi connectivity index (χ1v) is 12.0. The van der Waals surface area contributed by atoms with Gasteiger partial charge in [0, 0.05) is 0 Å². The quantitative estimate of drug-likeness (QED) is 0.181. The SMILES string of the molecule is [C-]#[N+]/C(C#N)=c1\nc2cc3ccc4ccc5[se]/c(=C(\C#N)[N+]#[C-])nc5c4c3cc2[se]1. The Kier molecular flexibility index (Phi) is 4.24. The molecule has 0 radical (unpaired) electrons. The van der Waals surface area contributed by atoms with Crippen molar-refractivity contribution < 1.29 is 0 Å². The molecule has 5 rings (SSSR count). The molecule has 2 aromatic heterocycles. The van der Waals surface area contributed by atoms with Gasteiger partial charge in [0.2, 0.25) is 0 Å². The maximum absolute atomic E-state index is 9.24. The van der Waals surface area contributed by atoms with Gasteiger partial charge in [0.15, 0.2) is 0 Å². The fourth-order valence-electron chi connectivity index (χ4n) is 3.40. The standard InChI is InChI=1S/C22H6N6Se2/c1-25-15(9-23)21-27-14-7-12-4-3-11-5-6-17-20(19(11)13(12)8-18(14)30-21)28-22(29-17)16(10-24)26-2/h3-8H/b21-15+,22-16+. The molecule has 0 unspecified atom stereocenters. The summed E-state index contributed by atoms with van der Waals surface area (Å²) >= 11 is -0.381. The van der Waals surface area contributed by atoms with Gasteiger partial charge in [-0.3, -0.25) is 0 Å². The maximum atomic E-state index is 9.24. The summed E-state index contributed by atoms with van der Waals surface area (Å²) in [5, 5.41) is 22.5. The normalized spacial score (nSPS) is 12.9. The van der Waals surface area contributed by atoms with Gasteiger partial charge in [0.25, 0.3) is 0 Å². The fourth-order valence-corrected chi connectivity index (χ4v) is 7.26. The number of rotatable bonds is 0. The third-order valence-corrected chi connectivity index (χ3v) is 9.01. The Morgan fingerprint density at radius 1 is 0.833 bits per heavy atom. The molecule has 5 aromatic rings. The molecule has 0 N–H and O–H groups in total. The number of hydrogen-bond donors (Lipinski definition) is 0. The Morgan fingerprint density at radius 3 is 2.17 bits per heavy atom. The number of fused-ring (bicyclic) bond motifs is 6. The molecule has 136 valence electrons. The summed E-state index contributed by atoms with van der Waals surface area (Å²) in [5.41, 5.74) is 1.75. The molecule has 0 saturated carbocycles. The Morgan fingerprint density at radius 2 is 1.47 bits per heavy atom. The van der Waals surface area contributed by atoms with Crippen LogP contribution in [0.5, 0.6) is 0 Å².